The van der Waals surface area contributed by atoms with E-state index in [9.17, 15) is 9.59 Å². The number of allylic oxidation sites excluding steroid dienone is 1. The second-order valence-electron chi connectivity index (χ2n) is 9.10. The highest BCUT2D eigenvalue weighted by Gasteiger charge is 2.35. The van der Waals surface area contributed by atoms with Crippen LogP contribution in [0.15, 0.2) is 78.5 Å². The molecule has 206 valence electrons. The number of aryl methyl sites for hydroxylation is 1. The number of thiazole rings is 1. The monoisotopic (exact) mass is 622 g/mol. The van der Waals surface area contributed by atoms with Crippen LogP contribution in [0.25, 0.3) is 17.4 Å². The fourth-order valence-electron chi connectivity index (χ4n) is 4.65. The van der Waals surface area contributed by atoms with Gasteiger partial charge in [0, 0.05) is 27.7 Å². The van der Waals surface area contributed by atoms with E-state index in [1.165, 1.54) is 23.0 Å². The molecule has 1 unspecified atom stereocenters. The highest BCUT2D eigenvalue weighted by molar-refractivity contribution is 9.10. The summed E-state index contributed by atoms with van der Waals surface area (Å²) in [5, 5.41) is 0. The lowest BCUT2D eigenvalue weighted by Crippen LogP contribution is -2.40. The van der Waals surface area contributed by atoms with Gasteiger partial charge in [0.25, 0.3) is 5.56 Å². The molecule has 0 fully saturated rings. The normalized spacial score (nSPS) is 15.1. The lowest BCUT2D eigenvalue weighted by molar-refractivity contribution is -0.139. The van der Waals surface area contributed by atoms with Crippen molar-refractivity contribution < 1.29 is 23.4 Å². The molecule has 10 heteroatoms. The predicted octanol–water partition coefficient (Wildman–Crippen LogP) is 5.15. The summed E-state index contributed by atoms with van der Waals surface area (Å²) in [5.74, 6) is 1.70. The maximum atomic E-state index is 13.9. The van der Waals surface area contributed by atoms with Crippen molar-refractivity contribution in [2.24, 2.45) is 4.99 Å². The van der Waals surface area contributed by atoms with Gasteiger partial charge in [-0.25, -0.2) is 9.79 Å². The van der Waals surface area contributed by atoms with Crippen LogP contribution in [0.4, 0.5) is 0 Å². The quantitative estimate of drug-likeness (QED) is 0.265. The number of furan rings is 1. The summed E-state index contributed by atoms with van der Waals surface area (Å²) in [6.07, 6.45) is 1.70. The van der Waals surface area contributed by atoms with Crippen LogP contribution in [0, 0.1) is 6.92 Å². The van der Waals surface area contributed by atoms with Gasteiger partial charge in [-0.2, -0.15) is 0 Å². The molecule has 0 saturated carbocycles. The van der Waals surface area contributed by atoms with Gasteiger partial charge in [-0.15, -0.1) is 0 Å². The molecule has 0 N–H and O–H groups in total. The topological polar surface area (TPSA) is 92.3 Å². The molecule has 2 aromatic carbocycles. The minimum absolute atomic E-state index is 0.185. The van der Waals surface area contributed by atoms with Crippen LogP contribution < -0.4 is 24.4 Å². The molecule has 5 rings (SSSR count). The summed E-state index contributed by atoms with van der Waals surface area (Å²) in [6.45, 7) is 5.68. The Labute approximate surface area is 243 Å². The van der Waals surface area contributed by atoms with E-state index < -0.39 is 12.0 Å². The Balaban J connectivity index is 1.67. The van der Waals surface area contributed by atoms with Crippen LogP contribution in [-0.2, 0) is 9.53 Å². The molecule has 1 aliphatic heterocycles. The zero-order valence-electron chi connectivity index (χ0n) is 22.6. The summed E-state index contributed by atoms with van der Waals surface area (Å²) >= 11 is 4.82. The third-order valence-electron chi connectivity index (χ3n) is 6.54. The number of hydrogen-bond donors (Lipinski definition) is 0. The summed E-state index contributed by atoms with van der Waals surface area (Å²) < 4.78 is 25.3. The SMILES string of the molecule is CCOC(=O)C1=C(C)N=c2s/c(=C\c3ccc(-c4ccc(C)cc4Br)o3)c(=O)n2C1c1ccc(OC)cc1OC. The van der Waals surface area contributed by atoms with Crippen LogP contribution in [0.3, 0.4) is 0 Å². The van der Waals surface area contributed by atoms with Gasteiger partial charge < -0.3 is 18.6 Å². The van der Waals surface area contributed by atoms with Gasteiger partial charge in [0.2, 0.25) is 0 Å². The second kappa shape index (κ2) is 11.3. The maximum absolute atomic E-state index is 13.9. The summed E-state index contributed by atoms with van der Waals surface area (Å²) in [6, 6.07) is 14.2. The number of benzene rings is 2. The first-order valence-electron chi connectivity index (χ1n) is 12.5. The Hall–Kier alpha value is -3.89. The molecule has 0 bridgehead atoms. The van der Waals surface area contributed by atoms with Gasteiger partial charge in [0.1, 0.15) is 29.1 Å². The number of halogens is 1. The summed E-state index contributed by atoms with van der Waals surface area (Å²) in [7, 11) is 3.09. The van der Waals surface area contributed by atoms with E-state index in [1.807, 2.05) is 37.3 Å². The van der Waals surface area contributed by atoms with Gasteiger partial charge in [-0.1, -0.05) is 33.3 Å². The average molecular weight is 624 g/mol. The zero-order chi connectivity index (χ0) is 28.6. The molecule has 0 saturated heterocycles. The minimum Gasteiger partial charge on any atom is -0.497 e. The number of methoxy groups -OCH3 is 2. The number of aromatic nitrogens is 1. The molecule has 1 aliphatic rings. The largest absolute Gasteiger partial charge is 0.497 e. The van der Waals surface area contributed by atoms with Gasteiger partial charge in [0.05, 0.1) is 36.6 Å². The number of esters is 1. The van der Waals surface area contributed by atoms with Crippen molar-refractivity contribution in [1.29, 1.82) is 0 Å². The summed E-state index contributed by atoms with van der Waals surface area (Å²) in [4.78, 5) is 32.2. The van der Waals surface area contributed by atoms with Crippen molar-refractivity contribution in [3.8, 4) is 22.8 Å². The van der Waals surface area contributed by atoms with E-state index in [4.69, 9.17) is 18.6 Å². The number of nitrogens with zero attached hydrogens (tertiary/aromatic N) is 2. The van der Waals surface area contributed by atoms with E-state index in [0.29, 0.717) is 43.6 Å². The molecule has 3 heterocycles. The van der Waals surface area contributed by atoms with Gasteiger partial charge in [-0.05, 0) is 62.7 Å². The van der Waals surface area contributed by atoms with Crippen LogP contribution in [0.1, 0.15) is 36.8 Å². The zero-order valence-corrected chi connectivity index (χ0v) is 25.0. The van der Waals surface area contributed by atoms with Crippen LogP contribution in [0.2, 0.25) is 0 Å². The number of rotatable bonds is 7. The van der Waals surface area contributed by atoms with E-state index >= 15 is 0 Å². The first-order valence-corrected chi connectivity index (χ1v) is 14.1. The van der Waals surface area contributed by atoms with Crippen molar-refractivity contribution in [3.63, 3.8) is 0 Å². The maximum Gasteiger partial charge on any atom is 0.338 e. The highest BCUT2D eigenvalue weighted by Crippen LogP contribution is 2.37. The first-order chi connectivity index (χ1) is 19.2. The summed E-state index contributed by atoms with van der Waals surface area (Å²) in [5.41, 5.74) is 3.08. The minimum atomic E-state index is -0.811. The van der Waals surface area contributed by atoms with Crippen LogP contribution in [0.5, 0.6) is 11.5 Å². The Morgan fingerprint density at radius 1 is 1.12 bits per heavy atom. The lowest BCUT2D eigenvalue weighted by atomic mass is 9.95. The number of ether oxygens (including phenoxy) is 3. The van der Waals surface area contributed by atoms with E-state index in [0.717, 1.165) is 15.6 Å². The number of carbonyl (C=O) groups is 1. The van der Waals surface area contributed by atoms with E-state index in [1.54, 1.807) is 45.2 Å². The third-order valence-corrected chi connectivity index (χ3v) is 8.18. The van der Waals surface area contributed by atoms with Crippen LogP contribution in [-0.4, -0.2) is 31.4 Å². The van der Waals surface area contributed by atoms with Crippen molar-refractivity contribution in [2.75, 3.05) is 20.8 Å². The van der Waals surface area contributed by atoms with Gasteiger partial charge in [-0.3, -0.25) is 9.36 Å². The molecular formula is C30H27BrN2O6S. The Bertz CT molecular complexity index is 1830. The number of carbonyl (C=O) groups excluding carboxylic acids is 1. The van der Waals surface area contributed by atoms with Crippen molar-refractivity contribution in [2.45, 2.75) is 26.8 Å². The predicted molar refractivity (Wildman–Crippen MR) is 157 cm³/mol. The van der Waals surface area contributed by atoms with Crippen molar-refractivity contribution in [1.82, 2.24) is 4.57 Å². The van der Waals surface area contributed by atoms with Crippen LogP contribution >= 0.6 is 27.3 Å². The molecule has 2 aromatic heterocycles. The fraction of sp³-hybridized carbons (Fsp3) is 0.233. The number of hydrogen-bond acceptors (Lipinski definition) is 8. The Morgan fingerprint density at radius 3 is 2.62 bits per heavy atom. The Morgan fingerprint density at radius 2 is 1.93 bits per heavy atom. The molecular weight excluding hydrogens is 596 g/mol. The van der Waals surface area contributed by atoms with Gasteiger partial charge >= 0.3 is 5.97 Å². The first kappa shape index (κ1) is 27.7. The molecule has 0 radical (unpaired) electrons. The van der Waals surface area contributed by atoms with Gasteiger partial charge in [0.15, 0.2) is 4.80 Å². The van der Waals surface area contributed by atoms with Crippen molar-refractivity contribution >= 4 is 39.3 Å². The smallest absolute Gasteiger partial charge is 0.338 e. The molecule has 8 nitrogen and oxygen atoms in total. The lowest BCUT2D eigenvalue weighted by Gasteiger charge is -2.26. The number of fused-ring (bicyclic) bond motifs is 1. The third kappa shape index (κ3) is 5.04. The molecule has 40 heavy (non-hydrogen) atoms. The van der Waals surface area contributed by atoms with E-state index in [-0.39, 0.29) is 17.7 Å². The Kier molecular flexibility index (Phi) is 7.82. The molecule has 0 aliphatic carbocycles. The average Bonchev–Trinajstić information content (AvgIpc) is 3.51. The molecule has 0 amide bonds. The molecule has 4 aromatic rings. The van der Waals surface area contributed by atoms with Crippen molar-refractivity contribution in [3.05, 3.63) is 101 Å². The van der Waals surface area contributed by atoms with E-state index in [2.05, 4.69) is 20.9 Å². The fourth-order valence-corrected chi connectivity index (χ4v) is 6.37. The molecule has 0 spiro atoms. The standard InChI is InChI=1S/C30H27BrN2O6S/c1-6-38-29(35)26-17(3)32-30-33(27(26)21-11-8-18(36-4)14-24(21)37-5)28(34)25(40-30)15-19-9-12-23(39-19)20-10-7-16(2)13-22(20)31/h7-15,27H,6H2,1-5H3/b25-15-. The second-order valence-corrected chi connectivity index (χ2v) is 11.0. The molecule has 1 atom stereocenters. The highest BCUT2D eigenvalue weighted by atomic mass is 79.9.